The SMILES string of the molecule is CCCC1(CC)CC1(C)C=O. The van der Waals surface area contributed by atoms with Crippen molar-refractivity contribution in [3.63, 3.8) is 0 Å². The summed E-state index contributed by atoms with van der Waals surface area (Å²) in [5.41, 5.74) is 0.404. The summed E-state index contributed by atoms with van der Waals surface area (Å²) >= 11 is 0. The van der Waals surface area contributed by atoms with Gasteiger partial charge in [0, 0.05) is 5.41 Å². The summed E-state index contributed by atoms with van der Waals surface area (Å²) in [6, 6.07) is 0. The van der Waals surface area contributed by atoms with Gasteiger partial charge >= 0.3 is 0 Å². The molecule has 1 saturated carbocycles. The Morgan fingerprint density at radius 1 is 1.45 bits per heavy atom. The molecule has 64 valence electrons. The van der Waals surface area contributed by atoms with Crippen LogP contribution in [0.15, 0.2) is 0 Å². The Morgan fingerprint density at radius 3 is 2.36 bits per heavy atom. The molecular weight excluding hydrogens is 136 g/mol. The molecule has 1 aliphatic rings. The van der Waals surface area contributed by atoms with Crippen LogP contribution in [0.1, 0.15) is 46.5 Å². The smallest absolute Gasteiger partial charge is 0.126 e. The van der Waals surface area contributed by atoms with Gasteiger partial charge in [0.1, 0.15) is 6.29 Å². The average molecular weight is 154 g/mol. The van der Waals surface area contributed by atoms with Gasteiger partial charge < -0.3 is 4.79 Å². The summed E-state index contributed by atoms with van der Waals surface area (Å²) in [5.74, 6) is 0. The van der Waals surface area contributed by atoms with Crippen LogP contribution >= 0.6 is 0 Å². The monoisotopic (exact) mass is 154 g/mol. The zero-order valence-corrected chi connectivity index (χ0v) is 7.81. The van der Waals surface area contributed by atoms with Crippen molar-refractivity contribution in [2.75, 3.05) is 0 Å². The average Bonchev–Trinajstić information content (AvgIpc) is 2.60. The van der Waals surface area contributed by atoms with Crippen LogP contribution in [0.25, 0.3) is 0 Å². The highest BCUT2D eigenvalue weighted by molar-refractivity contribution is 5.66. The summed E-state index contributed by atoms with van der Waals surface area (Å²) in [7, 11) is 0. The molecular formula is C10H18O. The fourth-order valence-electron chi connectivity index (χ4n) is 2.38. The molecule has 0 radical (unpaired) electrons. The molecule has 2 atom stereocenters. The highest BCUT2D eigenvalue weighted by atomic mass is 16.1. The van der Waals surface area contributed by atoms with Crippen molar-refractivity contribution in [2.45, 2.75) is 46.5 Å². The topological polar surface area (TPSA) is 17.1 Å². The Labute approximate surface area is 69.2 Å². The molecule has 2 unspecified atom stereocenters. The number of aldehydes is 1. The molecule has 11 heavy (non-hydrogen) atoms. The zero-order valence-electron chi connectivity index (χ0n) is 7.81. The molecule has 0 amide bonds. The summed E-state index contributed by atoms with van der Waals surface area (Å²) in [6.45, 7) is 6.49. The quantitative estimate of drug-likeness (QED) is 0.569. The first kappa shape index (κ1) is 8.76. The van der Waals surface area contributed by atoms with Crippen molar-refractivity contribution in [1.82, 2.24) is 0 Å². The second kappa shape index (κ2) is 2.62. The predicted molar refractivity (Wildman–Crippen MR) is 46.4 cm³/mol. The molecule has 1 fully saturated rings. The van der Waals surface area contributed by atoms with Gasteiger partial charge in [-0.2, -0.15) is 0 Å². The zero-order chi connectivity index (χ0) is 8.54. The van der Waals surface area contributed by atoms with E-state index in [1.807, 2.05) is 0 Å². The molecule has 0 heterocycles. The fourth-order valence-corrected chi connectivity index (χ4v) is 2.38. The van der Waals surface area contributed by atoms with E-state index in [2.05, 4.69) is 20.8 Å². The molecule has 0 aromatic rings. The van der Waals surface area contributed by atoms with E-state index in [1.165, 1.54) is 12.8 Å². The molecule has 0 saturated heterocycles. The molecule has 0 spiro atoms. The molecule has 0 N–H and O–H groups in total. The molecule has 1 nitrogen and oxygen atoms in total. The molecule has 1 rings (SSSR count). The van der Waals surface area contributed by atoms with Crippen LogP contribution in [-0.2, 0) is 4.79 Å². The highest BCUT2D eigenvalue weighted by Crippen LogP contribution is 2.66. The van der Waals surface area contributed by atoms with Crippen LogP contribution < -0.4 is 0 Å². The van der Waals surface area contributed by atoms with E-state index in [4.69, 9.17) is 0 Å². The van der Waals surface area contributed by atoms with Crippen molar-refractivity contribution in [3.05, 3.63) is 0 Å². The fraction of sp³-hybridized carbons (Fsp3) is 0.900. The normalized spacial score (nSPS) is 42.1. The third kappa shape index (κ3) is 1.11. The minimum Gasteiger partial charge on any atom is -0.303 e. The maximum Gasteiger partial charge on any atom is 0.126 e. The van der Waals surface area contributed by atoms with Gasteiger partial charge in [0.05, 0.1) is 0 Å². The predicted octanol–water partition coefficient (Wildman–Crippen LogP) is 2.79. The van der Waals surface area contributed by atoms with Gasteiger partial charge in [0.2, 0.25) is 0 Å². The van der Waals surface area contributed by atoms with Crippen LogP contribution in [-0.4, -0.2) is 6.29 Å². The Hall–Kier alpha value is -0.330. The van der Waals surface area contributed by atoms with Gasteiger partial charge in [-0.05, 0) is 24.7 Å². The van der Waals surface area contributed by atoms with E-state index in [1.54, 1.807) is 0 Å². The number of carbonyl (C=O) groups excluding carboxylic acids is 1. The third-order valence-electron chi connectivity index (χ3n) is 3.46. The standard InChI is InChI=1S/C10H18O/c1-4-6-10(5-2)7-9(10,3)8-11/h8H,4-7H2,1-3H3. The Bertz CT molecular complexity index is 164. The maximum atomic E-state index is 10.7. The molecule has 0 aromatic carbocycles. The number of hydrogen-bond acceptors (Lipinski definition) is 1. The van der Waals surface area contributed by atoms with E-state index in [-0.39, 0.29) is 5.41 Å². The van der Waals surface area contributed by atoms with E-state index in [9.17, 15) is 4.79 Å². The summed E-state index contributed by atoms with van der Waals surface area (Å²) in [4.78, 5) is 10.7. The summed E-state index contributed by atoms with van der Waals surface area (Å²) < 4.78 is 0. The lowest BCUT2D eigenvalue weighted by molar-refractivity contribution is -0.112. The van der Waals surface area contributed by atoms with Crippen LogP contribution in [0, 0.1) is 10.8 Å². The molecule has 1 aliphatic carbocycles. The second-order valence-corrected chi connectivity index (χ2v) is 4.10. The van der Waals surface area contributed by atoms with Crippen LogP contribution in [0.2, 0.25) is 0 Å². The van der Waals surface area contributed by atoms with Gasteiger partial charge in [-0.3, -0.25) is 0 Å². The Kier molecular flexibility index (Phi) is 2.08. The van der Waals surface area contributed by atoms with Crippen molar-refractivity contribution in [1.29, 1.82) is 0 Å². The third-order valence-corrected chi connectivity index (χ3v) is 3.46. The molecule has 1 heteroatoms. The first-order chi connectivity index (χ1) is 5.14. The van der Waals surface area contributed by atoms with Gasteiger partial charge in [0.25, 0.3) is 0 Å². The second-order valence-electron chi connectivity index (χ2n) is 4.10. The van der Waals surface area contributed by atoms with E-state index in [0.29, 0.717) is 5.41 Å². The molecule has 0 bridgehead atoms. The highest BCUT2D eigenvalue weighted by Gasteiger charge is 2.61. The number of hydrogen-bond donors (Lipinski definition) is 0. The largest absolute Gasteiger partial charge is 0.303 e. The van der Waals surface area contributed by atoms with E-state index < -0.39 is 0 Å². The van der Waals surface area contributed by atoms with Crippen LogP contribution in [0.3, 0.4) is 0 Å². The van der Waals surface area contributed by atoms with Gasteiger partial charge in [-0.1, -0.05) is 27.2 Å². The summed E-state index contributed by atoms with van der Waals surface area (Å²) in [6.07, 6.45) is 5.87. The number of rotatable bonds is 4. The first-order valence-electron chi connectivity index (χ1n) is 4.60. The lowest BCUT2D eigenvalue weighted by Gasteiger charge is -2.15. The lowest BCUT2D eigenvalue weighted by atomic mass is 9.88. The van der Waals surface area contributed by atoms with Crippen molar-refractivity contribution >= 4 is 6.29 Å². The van der Waals surface area contributed by atoms with Gasteiger partial charge in [-0.25, -0.2) is 0 Å². The van der Waals surface area contributed by atoms with Gasteiger partial charge in [0.15, 0.2) is 0 Å². The Balaban J connectivity index is 2.62. The van der Waals surface area contributed by atoms with Crippen molar-refractivity contribution in [2.24, 2.45) is 10.8 Å². The minimum atomic E-state index is 0.0256. The summed E-state index contributed by atoms with van der Waals surface area (Å²) in [5, 5.41) is 0. The van der Waals surface area contributed by atoms with Crippen molar-refractivity contribution in [3.8, 4) is 0 Å². The van der Waals surface area contributed by atoms with Crippen molar-refractivity contribution < 1.29 is 4.79 Å². The lowest BCUT2D eigenvalue weighted by Crippen LogP contribution is -2.11. The number of carbonyl (C=O) groups is 1. The van der Waals surface area contributed by atoms with E-state index in [0.717, 1.165) is 19.1 Å². The first-order valence-corrected chi connectivity index (χ1v) is 4.60. The molecule has 0 aromatic heterocycles. The maximum absolute atomic E-state index is 10.7. The van der Waals surface area contributed by atoms with Gasteiger partial charge in [-0.15, -0.1) is 0 Å². The molecule has 0 aliphatic heterocycles. The van der Waals surface area contributed by atoms with E-state index >= 15 is 0 Å². The minimum absolute atomic E-state index is 0.0256. The van der Waals surface area contributed by atoms with Crippen LogP contribution in [0.4, 0.5) is 0 Å². The van der Waals surface area contributed by atoms with Crippen LogP contribution in [0.5, 0.6) is 0 Å². The Morgan fingerprint density at radius 2 is 2.09 bits per heavy atom.